The summed E-state index contributed by atoms with van der Waals surface area (Å²) in [6.45, 7) is -0.631. The molecule has 7 atom stereocenters. The number of carboxylic acid groups (broad SMARTS) is 1. The molecule has 1 saturated heterocycles. The quantitative estimate of drug-likeness (QED) is 0.516. The first-order valence-electron chi connectivity index (χ1n) is 8.88. The number of likely N-dealkylation sites (tertiary alicyclic amines) is 1. The van der Waals surface area contributed by atoms with Gasteiger partial charge in [0.2, 0.25) is 11.8 Å². The topological polar surface area (TPSA) is 134 Å². The highest BCUT2D eigenvalue weighted by atomic mass is 32.2. The average molecular weight is 424 g/mol. The minimum Gasteiger partial charge on any atom is -0.480 e. The maximum absolute atomic E-state index is 12.9. The van der Waals surface area contributed by atoms with Gasteiger partial charge in [0.25, 0.3) is 0 Å². The van der Waals surface area contributed by atoms with Gasteiger partial charge in [-0.3, -0.25) is 28.9 Å². The van der Waals surface area contributed by atoms with Crippen LogP contribution in [-0.4, -0.2) is 57.6 Å². The second kappa shape index (κ2) is 5.93. The van der Waals surface area contributed by atoms with Gasteiger partial charge in [-0.2, -0.15) is 0 Å². The lowest BCUT2D eigenvalue weighted by molar-refractivity contribution is -0.150. The lowest BCUT2D eigenvalue weighted by atomic mass is 9.69. The number of ether oxygens (including phenoxy) is 1. The van der Waals surface area contributed by atoms with Crippen LogP contribution in [0, 0.1) is 29.6 Å². The van der Waals surface area contributed by atoms with Gasteiger partial charge in [-0.1, -0.05) is 11.3 Å². The number of thioether (sulfide) groups is 1. The largest absolute Gasteiger partial charge is 0.480 e. The van der Waals surface area contributed by atoms with E-state index < -0.39 is 48.1 Å². The summed E-state index contributed by atoms with van der Waals surface area (Å²) >= 11 is 2.44. The van der Waals surface area contributed by atoms with E-state index in [1.54, 1.807) is 0 Å². The summed E-state index contributed by atoms with van der Waals surface area (Å²) in [7, 11) is 1.29. The van der Waals surface area contributed by atoms with Crippen molar-refractivity contribution in [2.75, 3.05) is 13.7 Å². The Bertz CT molecular complexity index is 984. The summed E-state index contributed by atoms with van der Waals surface area (Å²) in [4.78, 5) is 65.2. The number of imide groups is 1. The summed E-state index contributed by atoms with van der Waals surface area (Å²) < 4.78 is 5.01. The summed E-state index contributed by atoms with van der Waals surface area (Å²) in [5.74, 6) is -4.91. The molecule has 3 heterocycles. The standard InChI is InChI=1S/C17H16N2O7S2/c1-26-16(24)10-7-4-2-5(11(7)27-13-12(10)28-17(25)18-13)9-8(4)14(22)19(15(9)23)3-6(20)21/h4-5,7-11H,2-3H2,1H3,(H,18,25)(H,20,21)/t4-,5+,7+,8+,9+,10-,11+/m0/s1. The Balaban J connectivity index is 1.57. The number of thiazole rings is 1. The van der Waals surface area contributed by atoms with Crippen LogP contribution in [-0.2, 0) is 23.9 Å². The minimum atomic E-state index is -1.23. The number of esters is 1. The number of aromatic nitrogens is 1. The van der Waals surface area contributed by atoms with Crippen molar-refractivity contribution in [2.24, 2.45) is 29.6 Å². The number of amides is 2. The number of methoxy groups -OCH3 is 1. The third-order valence-electron chi connectivity index (χ3n) is 6.56. The summed E-state index contributed by atoms with van der Waals surface area (Å²) in [5, 5.41) is 9.58. The molecule has 0 radical (unpaired) electrons. The molecule has 1 aromatic rings. The van der Waals surface area contributed by atoms with E-state index in [0.29, 0.717) is 16.3 Å². The van der Waals surface area contributed by atoms with Crippen molar-refractivity contribution in [1.29, 1.82) is 0 Å². The number of fused-ring (bicyclic) bond motifs is 9. The van der Waals surface area contributed by atoms with Gasteiger partial charge in [0.1, 0.15) is 6.54 Å². The predicted octanol–water partition coefficient (Wildman–Crippen LogP) is 0.119. The Hall–Kier alpha value is -2.14. The van der Waals surface area contributed by atoms with Crippen LogP contribution in [0.3, 0.4) is 0 Å². The highest BCUT2D eigenvalue weighted by molar-refractivity contribution is 8.00. The average Bonchev–Trinajstić information content (AvgIpc) is 3.36. The SMILES string of the molecule is COC(=O)[C@@H]1c2sc(=O)[nH]c2S[C@@H]2[C@@H]3C[C@H]([C@H]4C(=O)N(CC(=O)O)C(=O)[C@H]34)[C@@H]21. The van der Waals surface area contributed by atoms with Gasteiger partial charge in [0, 0.05) is 5.25 Å². The number of aliphatic carboxylic acids is 1. The van der Waals surface area contributed by atoms with Crippen LogP contribution in [0.4, 0.5) is 0 Å². The van der Waals surface area contributed by atoms with Crippen LogP contribution < -0.4 is 4.87 Å². The van der Waals surface area contributed by atoms with Crippen LogP contribution in [0.15, 0.2) is 9.82 Å². The second-order valence-corrected chi connectivity index (χ2v) is 9.84. The fourth-order valence-corrected chi connectivity index (χ4v) is 8.61. The van der Waals surface area contributed by atoms with Crippen molar-refractivity contribution >= 4 is 46.9 Å². The van der Waals surface area contributed by atoms with E-state index in [9.17, 15) is 24.0 Å². The van der Waals surface area contributed by atoms with Crippen LogP contribution in [0.1, 0.15) is 17.2 Å². The first kappa shape index (κ1) is 17.9. The molecule has 3 fully saturated rings. The number of carboxylic acids is 1. The summed E-state index contributed by atoms with van der Waals surface area (Å²) in [6, 6.07) is 0. The third-order valence-corrected chi connectivity index (χ3v) is 9.15. The molecule has 0 unspecified atom stereocenters. The molecular formula is C17H16N2O7S2. The number of nitrogens with one attached hydrogen (secondary N) is 1. The molecule has 2 amide bonds. The van der Waals surface area contributed by atoms with Crippen molar-refractivity contribution in [3.8, 4) is 0 Å². The Morgan fingerprint density at radius 2 is 1.89 bits per heavy atom. The maximum atomic E-state index is 12.9. The number of aromatic amines is 1. The van der Waals surface area contributed by atoms with Gasteiger partial charge in [-0.15, -0.1) is 11.8 Å². The highest BCUT2D eigenvalue weighted by Gasteiger charge is 2.70. The molecule has 2 bridgehead atoms. The van der Waals surface area contributed by atoms with Crippen molar-refractivity contribution in [1.82, 2.24) is 9.88 Å². The van der Waals surface area contributed by atoms with Crippen molar-refractivity contribution in [2.45, 2.75) is 22.6 Å². The van der Waals surface area contributed by atoms with E-state index in [4.69, 9.17) is 9.84 Å². The van der Waals surface area contributed by atoms with Crippen LogP contribution in [0.5, 0.6) is 0 Å². The zero-order valence-electron chi connectivity index (χ0n) is 14.6. The van der Waals surface area contributed by atoms with E-state index in [1.807, 2.05) is 0 Å². The fraction of sp³-hybridized carbons (Fsp3) is 0.588. The molecule has 2 N–H and O–H groups in total. The maximum Gasteiger partial charge on any atom is 0.323 e. The Morgan fingerprint density at radius 1 is 1.21 bits per heavy atom. The molecule has 0 spiro atoms. The molecule has 9 nitrogen and oxygen atoms in total. The summed E-state index contributed by atoms with van der Waals surface area (Å²) in [6.07, 6.45) is 0.642. The third kappa shape index (κ3) is 2.17. The fourth-order valence-electron chi connectivity index (χ4n) is 5.76. The number of nitrogens with zero attached hydrogens (tertiary/aromatic N) is 1. The molecule has 2 aliphatic heterocycles. The lowest BCUT2D eigenvalue weighted by Crippen LogP contribution is -2.44. The lowest BCUT2D eigenvalue weighted by Gasteiger charge is -2.41. The van der Waals surface area contributed by atoms with Crippen molar-refractivity contribution in [3.63, 3.8) is 0 Å². The van der Waals surface area contributed by atoms with E-state index in [0.717, 1.165) is 16.2 Å². The van der Waals surface area contributed by atoms with E-state index >= 15 is 0 Å². The van der Waals surface area contributed by atoms with Gasteiger partial charge in [-0.25, -0.2) is 0 Å². The molecule has 2 aliphatic carbocycles. The van der Waals surface area contributed by atoms with Gasteiger partial charge >= 0.3 is 16.8 Å². The van der Waals surface area contributed by atoms with Crippen LogP contribution >= 0.6 is 23.1 Å². The number of hydrogen-bond donors (Lipinski definition) is 2. The zero-order valence-corrected chi connectivity index (χ0v) is 16.2. The molecule has 0 aromatic carbocycles. The molecule has 11 heteroatoms. The molecule has 4 aliphatic rings. The van der Waals surface area contributed by atoms with E-state index in [2.05, 4.69) is 4.98 Å². The molecule has 1 aromatic heterocycles. The number of rotatable bonds is 3. The van der Waals surface area contributed by atoms with Crippen LogP contribution in [0.25, 0.3) is 0 Å². The molecule has 28 heavy (non-hydrogen) atoms. The monoisotopic (exact) mass is 424 g/mol. The van der Waals surface area contributed by atoms with E-state index in [-0.39, 0.29) is 27.9 Å². The van der Waals surface area contributed by atoms with Gasteiger partial charge in [-0.05, 0) is 24.2 Å². The molecule has 5 rings (SSSR count). The molecule has 148 valence electrons. The molecule has 2 saturated carbocycles. The van der Waals surface area contributed by atoms with Crippen molar-refractivity contribution in [3.05, 3.63) is 14.5 Å². The zero-order chi connectivity index (χ0) is 19.9. The second-order valence-electron chi connectivity index (χ2n) is 7.64. The van der Waals surface area contributed by atoms with Gasteiger partial charge < -0.3 is 14.8 Å². The van der Waals surface area contributed by atoms with Crippen LogP contribution in [0.2, 0.25) is 0 Å². The normalized spacial score (nSPS) is 37.6. The minimum absolute atomic E-state index is 0.102. The Kier molecular flexibility index (Phi) is 3.80. The Morgan fingerprint density at radius 3 is 2.54 bits per heavy atom. The number of carbonyl (C=O) groups excluding carboxylic acids is 3. The smallest absolute Gasteiger partial charge is 0.323 e. The summed E-state index contributed by atoms with van der Waals surface area (Å²) in [5.41, 5.74) is 0. The first-order chi connectivity index (χ1) is 13.3. The van der Waals surface area contributed by atoms with Crippen molar-refractivity contribution < 1.29 is 29.0 Å². The van der Waals surface area contributed by atoms with Gasteiger partial charge in [0.05, 0.1) is 34.8 Å². The predicted molar refractivity (Wildman–Crippen MR) is 95.8 cm³/mol. The van der Waals surface area contributed by atoms with E-state index in [1.165, 1.54) is 18.9 Å². The number of carbonyl (C=O) groups is 4. The molecular weight excluding hydrogens is 408 g/mol. The highest BCUT2D eigenvalue weighted by Crippen LogP contribution is 2.67. The first-order valence-corrected chi connectivity index (χ1v) is 10.6. The van der Waals surface area contributed by atoms with Gasteiger partial charge in [0.15, 0.2) is 0 Å². The number of H-pyrrole nitrogens is 1. The Labute approximate surface area is 166 Å². The number of hydrogen-bond acceptors (Lipinski definition) is 8.